The molecule has 0 heterocycles. The van der Waals surface area contributed by atoms with Gasteiger partial charge in [0.15, 0.2) is 0 Å². The highest BCUT2D eigenvalue weighted by Gasteiger charge is 2.34. The van der Waals surface area contributed by atoms with Crippen LogP contribution < -0.4 is 4.74 Å². The molecule has 22 heavy (non-hydrogen) atoms. The Morgan fingerprint density at radius 3 is 2.64 bits per heavy atom. The van der Waals surface area contributed by atoms with E-state index in [1.165, 1.54) is 0 Å². The lowest BCUT2D eigenvalue weighted by molar-refractivity contribution is -0.143. The number of methoxy groups -OCH3 is 1. The molecule has 0 aliphatic heterocycles. The first-order chi connectivity index (χ1) is 10.4. The summed E-state index contributed by atoms with van der Waals surface area (Å²) in [5, 5.41) is 9.05. The van der Waals surface area contributed by atoms with Gasteiger partial charge in [-0.3, -0.25) is 9.59 Å². The third kappa shape index (κ3) is 4.00. The molecule has 0 saturated heterocycles. The van der Waals surface area contributed by atoms with Crippen molar-refractivity contribution in [2.45, 2.75) is 39.2 Å². The highest BCUT2D eigenvalue weighted by atomic mass is 16.5. The van der Waals surface area contributed by atoms with Crippen LogP contribution in [-0.4, -0.2) is 41.6 Å². The van der Waals surface area contributed by atoms with Crippen molar-refractivity contribution in [1.29, 1.82) is 0 Å². The fourth-order valence-electron chi connectivity index (χ4n) is 2.46. The minimum Gasteiger partial charge on any atom is -0.496 e. The zero-order valence-electron chi connectivity index (χ0n) is 13.3. The van der Waals surface area contributed by atoms with E-state index in [2.05, 4.69) is 0 Å². The van der Waals surface area contributed by atoms with Gasteiger partial charge in [0, 0.05) is 12.6 Å². The lowest BCUT2D eigenvalue weighted by atomic mass is 10.1. The number of hydrogen-bond acceptors (Lipinski definition) is 3. The number of aryl methyl sites for hydroxylation is 1. The first-order valence-corrected chi connectivity index (χ1v) is 7.58. The van der Waals surface area contributed by atoms with Crippen molar-refractivity contribution < 1.29 is 19.4 Å². The molecule has 1 aromatic rings. The number of benzene rings is 1. The molecule has 1 fully saturated rings. The standard InChI is InChI=1S/C17H23NO4/c1-11-4-5-13(8-15(11)22-3)9-16(19)18(14-6-7-14)10-12(2)17(20)21/h4-5,8,12,14H,6-7,9-10H2,1-3H3,(H,20,21). The predicted octanol–water partition coefficient (Wildman–Crippen LogP) is 2.26. The van der Waals surface area contributed by atoms with Gasteiger partial charge in [0.2, 0.25) is 5.91 Å². The molecule has 1 unspecified atom stereocenters. The van der Waals surface area contributed by atoms with E-state index < -0.39 is 11.9 Å². The summed E-state index contributed by atoms with van der Waals surface area (Å²) in [6, 6.07) is 5.94. The second-order valence-corrected chi connectivity index (χ2v) is 6.00. The molecule has 1 atom stereocenters. The average Bonchev–Trinajstić information content (AvgIpc) is 3.30. The first kappa shape index (κ1) is 16.3. The van der Waals surface area contributed by atoms with Crippen LogP contribution in [0.3, 0.4) is 0 Å². The Kier molecular flexibility index (Phi) is 5.06. The van der Waals surface area contributed by atoms with Crippen LogP contribution in [0.15, 0.2) is 18.2 Å². The maximum absolute atomic E-state index is 12.5. The topological polar surface area (TPSA) is 66.8 Å². The fourth-order valence-corrected chi connectivity index (χ4v) is 2.46. The van der Waals surface area contributed by atoms with E-state index in [0.717, 1.165) is 29.7 Å². The van der Waals surface area contributed by atoms with Crippen LogP contribution in [-0.2, 0) is 16.0 Å². The lowest BCUT2D eigenvalue weighted by Crippen LogP contribution is -2.39. The van der Waals surface area contributed by atoms with E-state index in [9.17, 15) is 9.59 Å². The molecule has 0 bridgehead atoms. The number of hydrogen-bond donors (Lipinski definition) is 1. The van der Waals surface area contributed by atoms with E-state index in [1.54, 1.807) is 18.9 Å². The molecular formula is C17H23NO4. The minimum absolute atomic E-state index is 0.0125. The molecule has 5 heteroatoms. The van der Waals surface area contributed by atoms with Crippen molar-refractivity contribution in [3.8, 4) is 5.75 Å². The Morgan fingerprint density at radius 1 is 1.41 bits per heavy atom. The van der Waals surface area contributed by atoms with Crippen LogP contribution in [0.25, 0.3) is 0 Å². The lowest BCUT2D eigenvalue weighted by Gasteiger charge is -2.24. The number of ether oxygens (including phenoxy) is 1. The highest BCUT2D eigenvalue weighted by molar-refractivity contribution is 5.80. The normalized spacial score (nSPS) is 15.2. The summed E-state index contributed by atoms with van der Waals surface area (Å²) in [5.41, 5.74) is 1.92. The van der Waals surface area contributed by atoms with Crippen LogP contribution in [0.2, 0.25) is 0 Å². The third-order valence-electron chi connectivity index (χ3n) is 4.03. The number of carboxylic acid groups (broad SMARTS) is 1. The minimum atomic E-state index is -0.865. The summed E-state index contributed by atoms with van der Waals surface area (Å²) in [6.45, 7) is 3.87. The second kappa shape index (κ2) is 6.81. The number of amides is 1. The summed E-state index contributed by atoms with van der Waals surface area (Å²) < 4.78 is 5.28. The molecule has 1 aliphatic rings. The van der Waals surface area contributed by atoms with Gasteiger partial charge >= 0.3 is 5.97 Å². The largest absolute Gasteiger partial charge is 0.496 e. The highest BCUT2D eigenvalue weighted by Crippen LogP contribution is 2.29. The molecule has 1 saturated carbocycles. The molecule has 1 aliphatic carbocycles. The Bertz CT molecular complexity index is 566. The van der Waals surface area contributed by atoms with Gasteiger partial charge in [-0.05, 0) is 37.0 Å². The van der Waals surface area contributed by atoms with Gasteiger partial charge in [-0.15, -0.1) is 0 Å². The number of carbonyl (C=O) groups excluding carboxylic acids is 1. The summed E-state index contributed by atoms with van der Waals surface area (Å²) in [7, 11) is 1.61. The van der Waals surface area contributed by atoms with Gasteiger partial charge in [-0.1, -0.05) is 19.1 Å². The van der Waals surface area contributed by atoms with Crippen LogP contribution in [0.4, 0.5) is 0 Å². The molecule has 1 aromatic carbocycles. The molecule has 0 radical (unpaired) electrons. The summed E-state index contributed by atoms with van der Waals surface area (Å²) >= 11 is 0. The summed E-state index contributed by atoms with van der Waals surface area (Å²) in [4.78, 5) is 25.3. The number of rotatable bonds is 7. The van der Waals surface area contributed by atoms with Gasteiger partial charge in [-0.2, -0.15) is 0 Å². The van der Waals surface area contributed by atoms with Crippen molar-refractivity contribution in [1.82, 2.24) is 4.90 Å². The van der Waals surface area contributed by atoms with Crippen molar-refractivity contribution in [3.63, 3.8) is 0 Å². The monoisotopic (exact) mass is 305 g/mol. The smallest absolute Gasteiger partial charge is 0.308 e. The summed E-state index contributed by atoms with van der Waals surface area (Å²) in [5.74, 6) is -0.656. The van der Waals surface area contributed by atoms with Gasteiger partial charge < -0.3 is 14.7 Å². The van der Waals surface area contributed by atoms with E-state index in [4.69, 9.17) is 9.84 Å². The Balaban J connectivity index is 2.06. The second-order valence-electron chi connectivity index (χ2n) is 6.00. The third-order valence-corrected chi connectivity index (χ3v) is 4.03. The first-order valence-electron chi connectivity index (χ1n) is 7.58. The average molecular weight is 305 g/mol. The van der Waals surface area contributed by atoms with Gasteiger partial charge in [0.1, 0.15) is 5.75 Å². The number of carboxylic acids is 1. The molecule has 2 rings (SSSR count). The van der Waals surface area contributed by atoms with Crippen molar-refractivity contribution in [3.05, 3.63) is 29.3 Å². The van der Waals surface area contributed by atoms with E-state index >= 15 is 0 Å². The number of aliphatic carboxylic acids is 1. The van der Waals surface area contributed by atoms with Gasteiger partial charge in [-0.25, -0.2) is 0 Å². The Morgan fingerprint density at radius 2 is 2.09 bits per heavy atom. The SMILES string of the molecule is COc1cc(CC(=O)N(CC(C)C(=O)O)C2CC2)ccc1C. The van der Waals surface area contributed by atoms with Crippen molar-refractivity contribution >= 4 is 11.9 Å². The predicted molar refractivity (Wildman–Crippen MR) is 83.0 cm³/mol. The van der Waals surface area contributed by atoms with E-state index in [1.807, 2.05) is 25.1 Å². The maximum Gasteiger partial charge on any atom is 0.308 e. The van der Waals surface area contributed by atoms with Crippen LogP contribution >= 0.6 is 0 Å². The van der Waals surface area contributed by atoms with Crippen LogP contribution in [0.5, 0.6) is 5.75 Å². The molecule has 1 N–H and O–H groups in total. The maximum atomic E-state index is 12.5. The molecule has 1 amide bonds. The number of nitrogens with zero attached hydrogens (tertiary/aromatic N) is 1. The summed E-state index contributed by atoms with van der Waals surface area (Å²) in [6.07, 6.45) is 2.21. The van der Waals surface area contributed by atoms with Crippen molar-refractivity contribution in [2.24, 2.45) is 5.92 Å². The Hall–Kier alpha value is -2.04. The number of carbonyl (C=O) groups is 2. The fraction of sp³-hybridized carbons (Fsp3) is 0.529. The van der Waals surface area contributed by atoms with E-state index in [0.29, 0.717) is 0 Å². The van der Waals surface area contributed by atoms with Gasteiger partial charge in [0.05, 0.1) is 19.4 Å². The quantitative estimate of drug-likeness (QED) is 0.839. The Labute approximate surface area is 130 Å². The molecule has 5 nitrogen and oxygen atoms in total. The van der Waals surface area contributed by atoms with Crippen molar-refractivity contribution in [2.75, 3.05) is 13.7 Å². The zero-order chi connectivity index (χ0) is 16.3. The van der Waals surface area contributed by atoms with E-state index in [-0.39, 0.29) is 24.9 Å². The zero-order valence-corrected chi connectivity index (χ0v) is 13.3. The molecule has 0 spiro atoms. The molecule has 0 aromatic heterocycles. The van der Waals surface area contributed by atoms with Gasteiger partial charge in [0.25, 0.3) is 0 Å². The van der Waals surface area contributed by atoms with Crippen LogP contribution in [0, 0.1) is 12.8 Å². The van der Waals surface area contributed by atoms with Crippen LogP contribution in [0.1, 0.15) is 30.9 Å². The molecule has 120 valence electrons. The molecular weight excluding hydrogens is 282 g/mol.